The van der Waals surface area contributed by atoms with Gasteiger partial charge in [-0.15, -0.1) is 0 Å². The van der Waals surface area contributed by atoms with Crippen LogP contribution in [0.25, 0.3) is 12.3 Å². The van der Waals surface area contributed by atoms with Gasteiger partial charge in [-0.2, -0.15) is 0 Å². The van der Waals surface area contributed by atoms with Crippen LogP contribution >= 0.6 is 0 Å². The van der Waals surface area contributed by atoms with Gasteiger partial charge in [0, 0.05) is 53.8 Å². The minimum atomic E-state index is 0. The van der Waals surface area contributed by atoms with Gasteiger partial charge >= 0.3 is 0 Å². The van der Waals surface area contributed by atoms with Crippen LogP contribution in [0.2, 0.25) is 0 Å². The van der Waals surface area contributed by atoms with Crippen molar-refractivity contribution in [2.24, 2.45) is 0 Å². The zero-order valence-corrected chi connectivity index (χ0v) is 13.9. The van der Waals surface area contributed by atoms with E-state index in [-0.39, 0.29) is 80.9 Å². The topological polar surface area (TPSA) is 67.0 Å². The summed E-state index contributed by atoms with van der Waals surface area (Å²) in [5.74, 6) is 0. The predicted molar refractivity (Wildman–Crippen MR) is 50.7 cm³/mol. The van der Waals surface area contributed by atoms with Crippen LogP contribution in [0.15, 0.2) is 0 Å². The normalized spacial score (nSPS) is 2.18. The van der Waals surface area contributed by atoms with E-state index in [1.54, 1.807) is 0 Å². The maximum Gasteiger partial charge on any atom is 0 e. The molecule has 0 aromatic heterocycles. The fourth-order valence-corrected chi connectivity index (χ4v) is 0. The summed E-state index contributed by atoms with van der Waals surface area (Å²) in [6, 6.07) is 0. The number of nitrogens with two attached hydrogens (primary N) is 2. The van der Waals surface area contributed by atoms with Gasteiger partial charge in [0.05, 0.1) is 0 Å². The van der Waals surface area contributed by atoms with E-state index in [2.05, 4.69) is 13.8 Å². The zero-order valence-electron chi connectivity index (χ0n) is 8.76. The molecule has 0 saturated carbocycles. The number of rotatable bonds is 0. The SMILES string of the molecule is CC.CCC.[CH3-].[CH3-].[NH2-].[NH2-].[Pt].[Y]. The van der Waals surface area contributed by atoms with Crippen molar-refractivity contribution in [2.45, 2.75) is 34.1 Å². The smallest absolute Gasteiger partial charge is 0 e. The third kappa shape index (κ3) is 377. The first-order chi connectivity index (χ1) is 2.41. The van der Waals surface area contributed by atoms with E-state index in [1.807, 2.05) is 13.8 Å². The average Bonchev–Trinajstić information content (AvgIpc) is 1.46. The first-order valence-electron chi connectivity index (χ1n) is 2.41. The molecule has 4 heteroatoms. The van der Waals surface area contributed by atoms with Crippen molar-refractivity contribution in [2.75, 3.05) is 0 Å². The van der Waals surface area contributed by atoms with Crippen LogP contribution < -0.4 is 0 Å². The molecule has 79 valence electrons. The summed E-state index contributed by atoms with van der Waals surface area (Å²) in [5.41, 5.74) is 0. The Morgan fingerprint density at radius 2 is 0.818 bits per heavy atom. The minimum absolute atomic E-state index is 0. The van der Waals surface area contributed by atoms with Crippen LogP contribution in [0.5, 0.6) is 0 Å². The summed E-state index contributed by atoms with van der Waals surface area (Å²) in [7, 11) is 0. The van der Waals surface area contributed by atoms with Crippen LogP contribution in [0, 0.1) is 14.9 Å². The van der Waals surface area contributed by atoms with Gasteiger partial charge in [-0.25, -0.2) is 0 Å². The molecule has 0 heterocycles. The molecule has 0 rings (SSSR count). The Bertz CT molecular complexity index is 16.4. The van der Waals surface area contributed by atoms with Gasteiger partial charge in [-0.05, 0) is 0 Å². The first-order valence-corrected chi connectivity index (χ1v) is 2.41. The molecular formula is C7H24N2PtY-4. The van der Waals surface area contributed by atoms with Crippen molar-refractivity contribution in [3.05, 3.63) is 27.2 Å². The molecule has 2 nitrogen and oxygen atoms in total. The Morgan fingerprint density at radius 1 is 0.818 bits per heavy atom. The van der Waals surface area contributed by atoms with Crippen molar-refractivity contribution >= 4 is 0 Å². The van der Waals surface area contributed by atoms with Crippen LogP contribution in [0.1, 0.15) is 34.1 Å². The van der Waals surface area contributed by atoms with Crippen LogP contribution in [0.4, 0.5) is 0 Å². The monoisotopic (exact) mass is 420 g/mol. The van der Waals surface area contributed by atoms with Crippen LogP contribution in [0.3, 0.4) is 0 Å². The molecule has 4 N–H and O–H groups in total. The molecular weight excluding hydrogens is 396 g/mol. The fourth-order valence-electron chi connectivity index (χ4n) is 0. The molecule has 0 aromatic carbocycles. The summed E-state index contributed by atoms with van der Waals surface area (Å²) < 4.78 is 0. The number of hydrogen-bond acceptors (Lipinski definition) is 0. The Kier molecular flexibility index (Phi) is 1300. The third-order valence-electron chi connectivity index (χ3n) is 0. The summed E-state index contributed by atoms with van der Waals surface area (Å²) >= 11 is 0. The second kappa shape index (κ2) is 183. The molecule has 0 atom stereocenters. The van der Waals surface area contributed by atoms with E-state index in [9.17, 15) is 0 Å². The quantitative estimate of drug-likeness (QED) is 0.507. The minimum Gasteiger partial charge on any atom is -0.693 e. The summed E-state index contributed by atoms with van der Waals surface area (Å²) in [6.45, 7) is 8.25. The van der Waals surface area contributed by atoms with Gasteiger partial charge in [0.1, 0.15) is 0 Å². The molecule has 0 bridgehead atoms. The average molecular weight is 420 g/mol. The third-order valence-corrected chi connectivity index (χ3v) is 0. The van der Waals surface area contributed by atoms with Crippen molar-refractivity contribution in [3.63, 3.8) is 0 Å². The van der Waals surface area contributed by atoms with Crippen molar-refractivity contribution < 1.29 is 53.8 Å². The van der Waals surface area contributed by atoms with E-state index >= 15 is 0 Å². The van der Waals surface area contributed by atoms with Gasteiger partial charge in [0.15, 0.2) is 0 Å². The van der Waals surface area contributed by atoms with Crippen LogP contribution in [-0.4, -0.2) is 0 Å². The molecule has 0 aliphatic heterocycles. The Hall–Kier alpha value is 1.71. The van der Waals surface area contributed by atoms with Crippen LogP contribution in [-0.2, 0) is 53.8 Å². The molecule has 0 fully saturated rings. The van der Waals surface area contributed by atoms with Gasteiger partial charge in [0.2, 0.25) is 0 Å². The second-order valence-electron chi connectivity index (χ2n) is 0.707. The second-order valence-corrected chi connectivity index (χ2v) is 0.707. The van der Waals surface area contributed by atoms with E-state index in [0.29, 0.717) is 0 Å². The molecule has 0 aromatic rings. The Balaban J connectivity index is -0.00000000181. The Labute approximate surface area is 114 Å². The molecule has 0 aliphatic carbocycles. The molecule has 0 spiro atoms. The van der Waals surface area contributed by atoms with E-state index in [4.69, 9.17) is 0 Å². The van der Waals surface area contributed by atoms with E-state index < -0.39 is 0 Å². The predicted octanol–water partition coefficient (Wildman–Crippen LogP) is 4.77. The molecule has 0 unspecified atom stereocenters. The fraction of sp³-hybridized carbons (Fsp3) is 0.714. The van der Waals surface area contributed by atoms with Crippen molar-refractivity contribution in [1.29, 1.82) is 0 Å². The van der Waals surface area contributed by atoms with Gasteiger partial charge in [-0.3, -0.25) is 0 Å². The van der Waals surface area contributed by atoms with Gasteiger partial charge < -0.3 is 27.2 Å². The maximum atomic E-state index is 2.12. The molecule has 0 amide bonds. The maximum absolute atomic E-state index is 2.12. The van der Waals surface area contributed by atoms with Crippen molar-refractivity contribution in [3.8, 4) is 0 Å². The van der Waals surface area contributed by atoms with Gasteiger partial charge in [0.25, 0.3) is 0 Å². The molecule has 0 aliphatic rings. The number of hydrogen-bond donors (Lipinski definition) is 0. The van der Waals surface area contributed by atoms with Crippen molar-refractivity contribution in [1.82, 2.24) is 0 Å². The largest absolute Gasteiger partial charge is 0.693 e. The molecule has 0 saturated heterocycles. The van der Waals surface area contributed by atoms with Gasteiger partial charge in [-0.1, -0.05) is 34.1 Å². The molecule has 11 heavy (non-hydrogen) atoms. The Morgan fingerprint density at radius 3 is 0.818 bits per heavy atom. The zero-order chi connectivity index (χ0) is 4.71. The molecule has 1 radical (unpaired) electrons. The van der Waals surface area contributed by atoms with E-state index in [0.717, 1.165) is 0 Å². The van der Waals surface area contributed by atoms with E-state index in [1.165, 1.54) is 6.42 Å². The summed E-state index contributed by atoms with van der Waals surface area (Å²) in [6.07, 6.45) is 1.25. The first kappa shape index (κ1) is 78.5. The summed E-state index contributed by atoms with van der Waals surface area (Å²) in [4.78, 5) is 0. The standard InChI is InChI=1S/C3H8.C2H6.2CH3.2H2N.Pt.Y/c1-3-2;1-2;;;;;;/h3H2,1-2H3;1-2H3;2*1H3;2*1H2;;/q;;4*-1;;. The summed E-state index contributed by atoms with van der Waals surface area (Å²) in [5, 5.41) is 0.